The maximum atomic E-state index is 13.3. The van der Waals surface area contributed by atoms with E-state index in [9.17, 15) is 9.18 Å². The third kappa shape index (κ3) is 5.02. The maximum absolute atomic E-state index is 13.3. The zero-order valence-electron chi connectivity index (χ0n) is 16.7. The number of carbonyl (C=O) groups excluding carboxylic acids is 1. The molecule has 0 unspecified atom stereocenters. The molecule has 0 saturated carbocycles. The lowest BCUT2D eigenvalue weighted by Gasteiger charge is -2.25. The SMILES string of the molecule is COCCN(Cc1cc2ccc(Cl)cc2nc1N(C)C)C(=O)c1ccc(F)cc1. The van der Waals surface area contributed by atoms with Gasteiger partial charge in [0.2, 0.25) is 0 Å². The Bertz CT molecular complexity index is 1010. The zero-order valence-corrected chi connectivity index (χ0v) is 17.4. The van der Waals surface area contributed by atoms with E-state index in [0.717, 1.165) is 22.3 Å². The van der Waals surface area contributed by atoms with Crippen LogP contribution in [0.1, 0.15) is 15.9 Å². The van der Waals surface area contributed by atoms with E-state index in [1.807, 2.05) is 43.3 Å². The van der Waals surface area contributed by atoms with Gasteiger partial charge in [0.15, 0.2) is 0 Å². The Morgan fingerprint density at radius 1 is 1.14 bits per heavy atom. The highest BCUT2D eigenvalue weighted by Gasteiger charge is 2.19. The molecule has 0 saturated heterocycles. The summed E-state index contributed by atoms with van der Waals surface area (Å²) in [5.74, 6) is 0.189. The second-order valence-corrected chi connectivity index (χ2v) is 7.37. The molecule has 0 radical (unpaired) electrons. The van der Waals surface area contributed by atoms with Crippen LogP contribution >= 0.6 is 11.6 Å². The van der Waals surface area contributed by atoms with Crippen molar-refractivity contribution in [3.8, 4) is 0 Å². The number of methoxy groups -OCH3 is 1. The molecule has 5 nitrogen and oxygen atoms in total. The molecule has 7 heteroatoms. The van der Waals surface area contributed by atoms with Gasteiger partial charge in [-0.2, -0.15) is 0 Å². The second-order valence-electron chi connectivity index (χ2n) is 6.93. The van der Waals surface area contributed by atoms with Gasteiger partial charge in [-0.25, -0.2) is 9.37 Å². The molecule has 29 heavy (non-hydrogen) atoms. The first-order valence-electron chi connectivity index (χ1n) is 9.19. The Labute approximate surface area is 174 Å². The number of pyridine rings is 1. The van der Waals surface area contributed by atoms with Gasteiger partial charge in [-0.1, -0.05) is 17.7 Å². The summed E-state index contributed by atoms with van der Waals surface area (Å²) < 4.78 is 18.4. The van der Waals surface area contributed by atoms with E-state index in [0.29, 0.717) is 30.3 Å². The summed E-state index contributed by atoms with van der Waals surface area (Å²) in [5, 5.41) is 1.56. The minimum atomic E-state index is -0.378. The molecule has 0 aliphatic rings. The van der Waals surface area contributed by atoms with E-state index >= 15 is 0 Å². The molecule has 1 amide bonds. The van der Waals surface area contributed by atoms with E-state index in [-0.39, 0.29) is 11.7 Å². The number of hydrogen-bond donors (Lipinski definition) is 0. The Hall–Kier alpha value is -2.70. The van der Waals surface area contributed by atoms with Crippen LogP contribution in [0.4, 0.5) is 10.2 Å². The van der Waals surface area contributed by atoms with Crippen molar-refractivity contribution in [2.24, 2.45) is 0 Å². The lowest BCUT2D eigenvalue weighted by Crippen LogP contribution is -2.34. The number of benzene rings is 2. The number of aromatic nitrogens is 1. The van der Waals surface area contributed by atoms with Crippen LogP contribution in [-0.2, 0) is 11.3 Å². The van der Waals surface area contributed by atoms with E-state index < -0.39 is 0 Å². The lowest BCUT2D eigenvalue weighted by molar-refractivity contribution is 0.0680. The smallest absolute Gasteiger partial charge is 0.254 e. The summed E-state index contributed by atoms with van der Waals surface area (Å²) in [5.41, 5.74) is 2.11. The van der Waals surface area contributed by atoms with Gasteiger partial charge >= 0.3 is 0 Å². The number of carbonyl (C=O) groups is 1. The Kier molecular flexibility index (Phi) is 6.67. The number of nitrogens with zero attached hydrogens (tertiary/aromatic N) is 3. The van der Waals surface area contributed by atoms with E-state index in [4.69, 9.17) is 21.3 Å². The Morgan fingerprint density at radius 2 is 1.86 bits per heavy atom. The van der Waals surface area contributed by atoms with Crippen LogP contribution in [0.25, 0.3) is 10.9 Å². The summed E-state index contributed by atoms with van der Waals surface area (Å²) in [7, 11) is 5.40. The molecule has 0 spiro atoms. The summed E-state index contributed by atoms with van der Waals surface area (Å²) in [4.78, 5) is 21.4. The standard InChI is InChI=1S/C22H23ClFN3O2/c1-26(2)21-17(12-16-4-7-18(23)13-20(16)25-21)14-27(10-11-29-3)22(28)15-5-8-19(24)9-6-15/h4-9,12-13H,10-11,14H2,1-3H3. The van der Waals surface area contributed by atoms with Gasteiger partial charge in [0.05, 0.1) is 12.1 Å². The molecular weight excluding hydrogens is 393 g/mol. The van der Waals surface area contributed by atoms with Gasteiger partial charge in [0, 0.05) is 55.8 Å². The summed E-state index contributed by atoms with van der Waals surface area (Å²) in [6, 6.07) is 13.1. The van der Waals surface area contributed by atoms with Crippen molar-refractivity contribution >= 4 is 34.2 Å². The molecule has 0 bridgehead atoms. The van der Waals surface area contributed by atoms with E-state index in [1.165, 1.54) is 24.3 Å². The minimum absolute atomic E-state index is 0.192. The largest absolute Gasteiger partial charge is 0.383 e. The van der Waals surface area contributed by atoms with Gasteiger partial charge in [0.1, 0.15) is 11.6 Å². The molecular formula is C22H23ClFN3O2. The summed E-state index contributed by atoms with van der Waals surface area (Å²) in [6.45, 7) is 1.14. The van der Waals surface area contributed by atoms with Gasteiger partial charge in [0.25, 0.3) is 5.91 Å². The first-order valence-corrected chi connectivity index (χ1v) is 9.57. The topological polar surface area (TPSA) is 45.7 Å². The first-order chi connectivity index (χ1) is 13.9. The number of hydrogen-bond acceptors (Lipinski definition) is 4. The molecule has 1 aromatic heterocycles. The fourth-order valence-corrected chi connectivity index (χ4v) is 3.28. The van der Waals surface area contributed by atoms with Crippen molar-refractivity contribution in [3.63, 3.8) is 0 Å². The van der Waals surface area contributed by atoms with Gasteiger partial charge in [-0.05, 0) is 42.5 Å². The van der Waals surface area contributed by atoms with Gasteiger partial charge in [-0.15, -0.1) is 0 Å². The average molecular weight is 416 g/mol. The minimum Gasteiger partial charge on any atom is -0.383 e. The highest BCUT2D eigenvalue weighted by atomic mass is 35.5. The molecule has 152 valence electrons. The molecule has 0 N–H and O–H groups in total. The second kappa shape index (κ2) is 9.20. The van der Waals surface area contributed by atoms with Crippen molar-refractivity contribution in [1.29, 1.82) is 0 Å². The van der Waals surface area contributed by atoms with Crippen LogP contribution in [0.15, 0.2) is 48.5 Å². The molecule has 3 aromatic rings. The van der Waals surface area contributed by atoms with Crippen LogP contribution in [0.3, 0.4) is 0 Å². The van der Waals surface area contributed by atoms with E-state index in [1.54, 1.807) is 12.0 Å². The predicted octanol–water partition coefficient (Wildman–Crippen LogP) is 4.38. The van der Waals surface area contributed by atoms with Gasteiger partial charge < -0.3 is 14.5 Å². The third-order valence-corrected chi connectivity index (χ3v) is 4.80. The normalized spacial score (nSPS) is 10.9. The van der Waals surface area contributed by atoms with E-state index in [2.05, 4.69) is 0 Å². The monoisotopic (exact) mass is 415 g/mol. The zero-order chi connectivity index (χ0) is 21.0. The Morgan fingerprint density at radius 3 is 2.52 bits per heavy atom. The van der Waals surface area contributed by atoms with Crippen molar-refractivity contribution in [3.05, 3.63) is 70.5 Å². The highest BCUT2D eigenvalue weighted by Crippen LogP contribution is 2.26. The van der Waals surface area contributed by atoms with Crippen LogP contribution in [0.5, 0.6) is 0 Å². The van der Waals surface area contributed by atoms with Crippen molar-refractivity contribution < 1.29 is 13.9 Å². The molecule has 3 rings (SSSR count). The fraction of sp³-hybridized carbons (Fsp3) is 0.273. The fourth-order valence-electron chi connectivity index (χ4n) is 3.11. The van der Waals surface area contributed by atoms with Crippen LogP contribution in [0.2, 0.25) is 5.02 Å². The number of rotatable bonds is 7. The number of fused-ring (bicyclic) bond motifs is 1. The third-order valence-electron chi connectivity index (χ3n) is 4.56. The lowest BCUT2D eigenvalue weighted by atomic mass is 10.1. The molecule has 0 aliphatic carbocycles. The number of halogens is 2. The van der Waals surface area contributed by atoms with Crippen LogP contribution in [0, 0.1) is 5.82 Å². The molecule has 1 heterocycles. The summed E-state index contributed by atoms with van der Waals surface area (Å²) in [6.07, 6.45) is 0. The molecule has 0 aliphatic heterocycles. The van der Waals surface area contributed by atoms with Crippen molar-refractivity contribution in [1.82, 2.24) is 9.88 Å². The van der Waals surface area contributed by atoms with Crippen molar-refractivity contribution in [2.75, 3.05) is 39.3 Å². The highest BCUT2D eigenvalue weighted by molar-refractivity contribution is 6.31. The Balaban J connectivity index is 1.98. The molecule has 2 aromatic carbocycles. The number of ether oxygens (including phenoxy) is 1. The van der Waals surface area contributed by atoms with Gasteiger partial charge in [-0.3, -0.25) is 4.79 Å². The molecule has 0 atom stereocenters. The molecule has 0 fully saturated rings. The maximum Gasteiger partial charge on any atom is 0.254 e. The first kappa shape index (κ1) is 21.0. The van der Waals surface area contributed by atoms with Crippen LogP contribution < -0.4 is 4.90 Å². The summed E-state index contributed by atoms with van der Waals surface area (Å²) >= 11 is 6.11. The average Bonchev–Trinajstić information content (AvgIpc) is 2.70. The predicted molar refractivity (Wildman–Crippen MR) is 114 cm³/mol. The number of amides is 1. The van der Waals surface area contributed by atoms with Crippen molar-refractivity contribution in [2.45, 2.75) is 6.54 Å². The quantitative estimate of drug-likeness (QED) is 0.574. The number of anilines is 1. The van der Waals surface area contributed by atoms with Crippen LogP contribution in [-0.4, -0.2) is 50.1 Å².